The summed E-state index contributed by atoms with van der Waals surface area (Å²) < 4.78 is 3.92. The van der Waals surface area contributed by atoms with Crippen molar-refractivity contribution in [2.24, 2.45) is 7.05 Å². The van der Waals surface area contributed by atoms with Crippen LogP contribution in [0.1, 0.15) is 58.3 Å². The smallest absolute Gasteiger partial charge is 0.270 e. The maximum absolute atomic E-state index is 13.1. The van der Waals surface area contributed by atoms with Crippen LogP contribution in [0.3, 0.4) is 0 Å². The van der Waals surface area contributed by atoms with E-state index in [0.29, 0.717) is 0 Å². The lowest BCUT2D eigenvalue weighted by Crippen LogP contribution is -2.36. The Bertz CT molecular complexity index is 1060. The molecule has 5 rings (SSSR count). The third-order valence-corrected chi connectivity index (χ3v) is 6.74. The zero-order chi connectivity index (χ0) is 20.0. The van der Waals surface area contributed by atoms with Gasteiger partial charge in [0.05, 0.1) is 10.7 Å². The minimum Gasteiger partial charge on any atom is -0.348 e. The number of rotatable bonds is 3. The molecule has 0 bridgehead atoms. The number of nitrogens with one attached hydrogen (secondary N) is 1. The molecule has 0 fully saturated rings. The fourth-order valence-corrected chi connectivity index (χ4v) is 5.10. The van der Waals surface area contributed by atoms with Crippen LogP contribution in [0, 0.1) is 6.92 Å². The minimum atomic E-state index is 0.00108. The van der Waals surface area contributed by atoms with Gasteiger partial charge in [0.2, 0.25) is 0 Å². The summed E-state index contributed by atoms with van der Waals surface area (Å²) in [5.74, 6) is 1.80. The highest BCUT2D eigenvalue weighted by atomic mass is 32.1. The first-order valence-corrected chi connectivity index (χ1v) is 11.2. The number of hydrogen-bond acceptors (Lipinski definition) is 6. The zero-order valence-electron chi connectivity index (χ0n) is 16.8. The van der Waals surface area contributed by atoms with Crippen LogP contribution in [0.2, 0.25) is 0 Å². The molecule has 3 aromatic rings. The molecule has 1 atom stereocenters. The summed E-state index contributed by atoms with van der Waals surface area (Å²) in [6, 6.07) is 0.114. The largest absolute Gasteiger partial charge is 0.348 e. The molecule has 1 N–H and O–H groups in total. The number of aryl methyl sites for hydroxylation is 4. The number of hydrogen-bond donors (Lipinski definition) is 1. The molecule has 0 spiro atoms. The van der Waals surface area contributed by atoms with Crippen LogP contribution in [0.5, 0.6) is 0 Å². The van der Waals surface area contributed by atoms with E-state index in [9.17, 15) is 4.79 Å². The lowest BCUT2D eigenvalue weighted by Gasteiger charge is -2.17. The Kier molecular flexibility index (Phi) is 4.69. The van der Waals surface area contributed by atoms with Gasteiger partial charge in [-0.2, -0.15) is 5.10 Å². The molecule has 0 radical (unpaired) electrons. The molecule has 1 aliphatic carbocycles. The predicted octanol–water partition coefficient (Wildman–Crippen LogP) is 2.46. The van der Waals surface area contributed by atoms with E-state index in [1.807, 2.05) is 19.4 Å². The topological polar surface area (TPSA) is 90.5 Å². The molecule has 0 aromatic carbocycles. The van der Waals surface area contributed by atoms with E-state index in [4.69, 9.17) is 0 Å². The number of carbonyl (C=O) groups is 1. The number of amides is 1. The van der Waals surface area contributed by atoms with Crippen LogP contribution >= 0.6 is 11.3 Å². The van der Waals surface area contributed by atoms with Gasteiger partial charge in [-0.3, -0.25) is 9.48 Å². The van der Waals surface area contributed by atoms with Crippen LogP contribution in [0.25, 0.3) is 11.5 Å². The van der Waals surface area contributed by atoms with Gasteiger partial charge in [0.15, 0.2) is 5.82 Å². The molecular formula is C20H25N7OS. The lowest BCUT2D eigenvalue weighted by atomic mass is 9.95. The van der Waals surface area contributed by atoms with Gasteiger partial charge < -0.3 is 9.88 Å². The second-order valence-corrected chi connectivity index (χ2v) is 9.01. The summed E-state index contributed by atoms with van der Waals surface area (Å²) in [5.41, 5.74) is 3.86. The Morgan fingerprint density at radius 2 is 2.07 bits per heavy atom. The Morgan fingerprint density at radius 1 is 1.21 bits per heavy atom. The monoisotopic (exact) mass is 411 g/mol. The number of fused-ring (bicyclic) bond motifs is 2. The second-order valence-electron chi connectivity index (χ2n) is 7.95. The fourth-order valence-electron chi connectivity index (χ4n) is 4.51. The quantitative estimate of drug-likeness (QED) is 0.715. The van der Waals surface area contributed by atoms with Gasteiger partial charge in [0.1, 0.15) is 17.2 Å². The van der Waals surface area contributed by atoms with Gasteiger partial charge in [-0.25, -0.2) is 4.98 Å². The van der Waals surface area contributed by atoms with Gasteiger partial charge in [-0.1, -0.05) is 0 Å². The average molecular weight is 412 g/mol. The van der Waals surface area contributed by atoms with Crippen molar-refractivity contribution in [2.75, 3.05) is 0 Å². The second kappa shape index (κ2) is 7.37. The Morgan fingerprint density at radius 3 is 2.90 bits per heavy atom. The molecule has 2 aliphatic rings. The van der Waals surface area contributed by atoms with E-state index in [2.05, 4.69) is 30.2 Å². The van der Waals surface area contributed by atoms with Crippen molar-refractivity contribution in [3.8, 4) is 11.5 Å². The Hall–Kier alpha value is -2.55. The maximum atomic E-state index is 13.1. The number of nitrogens with zero attached hydrogens (tertiary/aromatic N) is 6. The van der Waals surface area contributed by atoms with Crippen molar-refractivity contribution in [1.82, 2.24) is 34.8 Å². The molecule has 152 valence electrons. The van der Waals surface area contributed by atoms with Crippen molar-refractivity contribution < 1.29 is 4.79 Å². The number of carbonyl (C=O) groups excluding carboxylic acids is 1. The molecule has 8 nitrogen and oxygen atoms in total. The van der Waals surface area contributed by atoms with Gasteiger partial charge in [-0.05, 0) is 45.4 Å². The molecule has 1 unspecified atom stereocenters. The third kappa shape index (κ3) is 3.37. The van der Waals surface area contributed by atoms with Crippen LogP contribution in [0.15, 0.2) is 5.38 Å². The van der Waals surface area contributed by atoms with Crippen LogP contribution < -0.4 is 5.32 Å². The minimum absolute atomic E-state index is 0.00108. The van der Waals surface area contributed by atoms with Crippen molar-refractivity contribution in [3.63, 3.8) is 0 Å². The first kappa shape index (κ1) is 18.5. The normalized spacial score (nSPS) is 18.8. The van der Waals surface area contributed by atoms with E-state index in [0.717, 1.165) is 90.8 Å². The number of thiazole rings is 1. The van der Waals surface area contributed by atoms with Crippen molar-refractivity contribution in [2.45, 2.75) is 64.5 Å². The molecule has 29 heavy (non-hydrogen) atoms. The van der Waals surface area contributed by atoms with Crippen LogP contribution in [0.4, 0.5) is 0 Å². The first-order valence-electron chi connectivity index (χ1n) is 10.3. The van der Waals surface area contributed by atoms with E-state index in [1.165, 1.54) is 0 Å². The predicted molar refractivity (Wildman–Crippen MR) is 110 cm³/mol. The first-order chi connectivity index (χ1) is 14.1. The molecule has 0 saturated carbocycles. The van der Waals surface area contributed by atoms with Crippen LogP contribution in [-0.4, -0.2) is 41.5 Å². The zero-order valence-corrected chi connectivity index (χ0v) is 17.6. The van der Waals surface area contributed by atoms with Crippen molar-refractivity contribution in [1.29, 1.82) is 0 Å². The maximum Gasteiger partial charge on any atom is 0.270 e. The molecule has 0 saturated heterocycles. The summed E-state index contributed by atoms with van der Waals surface area (Å²) in [6.45, 7) is 2.78. The van der Waals surface area contributed by atoms with Gasteiger partial charge >= 0.3 is 0 Å². The van der Waals surface area contributed by atoms with Gasteiger partial charge in [0.25, 0.3) is 5.91 Å². The summed E-state index contributed by atoms with van der Waals surface area (Å²) in [7, 11) is 1.88. The lowest BCUT2D eigenvalue weighted by molar-refractivity contribution is 0.0922. The molecule has 1 amide bonds. The standard InChI is InChI=1S/C20H25N7OS/c1-12-21-16(11-29-12)19-24-23-17-8-7-13(9-10-27(17)19)22-20(28)18-14-5-3-4-6-15(14)25-26(18)2/h11,13H,3-10H2,1-2H3,(H,22,28). The SMILES string of the molecule is Cc1nc(-c2nnc3n2CCC(NC(=O)c2c4c(nn2C)CCCC4)CC3)cs1. The molecular weight excluding hydrogens is 386 g/mol. The average Bonchev–Trinajstić information content (AvgIpc) is 3.36. The highest BCUT2D eigenvalue weighted by Gasteiger charge is 2.27. The van der Waals surface area contributed by atoms with E-state index < -0.39 is 0 Å². The molecule has 4 heterocycles. The molecule has 9 heteroatoms. The van der Waals surface area contributed by atoms with Gasteiger partial charge in [-0.15, -0.1) is 21.5 Å². The highest BCUT2D eigenvalue weighted by Crippen LogP contribution is 2.26. The fraction of sp³-hybridized carbons (Fsp3) is 0.550. The Labute approximate surface area is 173 Å². The molecule has 3 aromatic heterocycles. The Balaban J connectivity index is 1.31. The number of aromatic nitrogens is 6. The van der Waals surface area contributed by atoms with Gasteiger partial charge in [0, 0.05) is 37.0 Å². The molecule has 1 aliphatic heterocycles. The van der Waals surface area contributed by atoms with Crippen molar-refractivity contribution in [3.05, 3.63) is 33.2 Å². The van der Waals surface area contributed by atoms with E-state index in [1.54, 1.807) is 16.0 Å². The third-order valence-electron chi connectivity index (χ3n) is 5.96. The highest BCUT2D eigenvalue weighted by molar-refractivity contribution is 7.09. The van der Waals surface area contributed by atoms with Crippen LogP contribution in [-0.2, 0) is 32.9 Å². The summed E-state index contributed by atoms with van der Waals surface area (Å²) in [6.07, 6.45) is 6.74. The summed E-state index contributed by atoms with van der Waals surface area (Å²) >= 11 is 1.62. The van der Waals surface area contributed by atoms with E-state index in [-0.39, 0.29) is 11.9 Å². The summed E-state index contributed by atoms with van der Waals surface area (Å²) in [4.78, 5) is 17.6. The summed E-state index contributed by atoms with van der Waals surface area (Å²) in [5, 5.41) is 19.7. The van der Waals surface area contributed by atoms with E-state index >= 15 is 0 Å². The van der Waals surface area contributed by atoms with Crippen molar-refractivity contribution >= 4 is 17.2 Å².